The van der Waals surface area contributed by atoms with E-state index in [1.165, 1.54) is 17.4 Å². The fraction of sp³-hybridized carbons (Fsp3) is 0.421. The van der Waals surface area contributed by atoms with E-state index in [-0.39, 0.29) is 12.1 Å². The molecule has 1 aliphatic carbocycles. The smallest absolute Gasteiger partial charge is 0.214 e. The van der Waals surface area contributed by atoms with Gasteiger partial charge in [0.15, 0.2) is 0 Å². The van der Waals surface area contributed by atoms with Crippen molar-refractivity contribution in [2.45, 2.75) is 50.5 Å². The van der Waals surface area contributed by atoms with Crippen LogP contribution in [0.3, 0.4) is 0 Å². The number of ether oxygens (including phenoxy) is 1. The number of hydrogen-bond acceptors (Lipinski definition) is 5. The molecule has 27 heavy (non-hydrogen) atoms. The molecule has 0 radical (unpaired) electrons. The molecule has 2 aromatic rings. The highest BCUT2D eigenvalue weighted by Crippen LogP contribution is 2.33. The molecule has 1 fully saturated rings. The fourth-order valence-electron chi connectivity index (χ4n) is 3.04. The first-order chi connectivity index (χ1) is 12.8. The summed E-state index contributed by atoms with van der Waals surface area (Å²) in [5, 5.41) is 8.39. The molecular weight excluding hydrogens is 387 g/mol. The van der Waals surface area contributed by atoms with Gasteiger partial charge in [0.2, 0.25) is 10.0 Å². The molecule has 8 heteroatoms. The van der Waals surface area contributed by atoms with Crippen LogP contribution in [-0.4, -0.2) is 25.8 Å². The lowest BCUT2D eigenvalue weighted by atomic mass is 10.1. The molecule has 1 N–H and O–H groups in total. The van der Waals surface area contributed by atoms with Crippen molar-refractivity contribution in [3.8, 4) is 22.3 Å². The van der Waals surface area contributed by atoms with Gasteiger partial charge in [-0.1, -0.05) is 0 Å². The molecule has 0 amide bonds. The molecule has 1 saturated carbocycles. The number of benzene rings is 1. The van der Waals surface area contributed by atoms with Crippen molar-refractivity contribution in [1.82, 2.24) is 4.72 Å². The van der Waals surface area contributed by atoms with E-state index in [2.05, 4.69) is 4.72 Å². The van der Waals surface area contributed by atoms with Gasteiger partial charge in [-0.3, -0.25) is 0 Å². The van der Waals surface area contributed by atoms with Gasteiger partial charge in [0, 0.05) is 16.5 Å². The van der Waals surface area contributed by atoms with E-state index in [1.807, 2.05) is 6.07 Å². The van der Waals surface area contributed by atoms with Crippen LogP contribution >= 0.6 is 11.3 Å². The molecule has 0 bridgehead atoms. The first-order valence-electron chi connectivity index (χ1n) is 8.78. The van der Waals surface area contributed by atoms with Gasteiger partial charge in [-0.05, 0) is 57.4 Å². The highest BCUT2D eigenvalue weighted by atomic mass is 32.2. The van der Waals surface area contributed by atoms with E-state index in [9.17, 15) is 12.8 Å². The Hall–Kier alpha value is -1.95. The number of halogens is 1. The molecule has 0 unspecified atom stereocenters. The maximum atomic E-state index is 14.5. The third-order valence-corrected chi connectivity index (χ3v) is 7.49. The molecule has 1 aromatic heterocycles. The van der Waals surface area contributed by atoms with Gasteiger partial charge in [-0.15, -0.1) is 11.3 Å². The van der Waals surface area contributed by atoms with Crippen molar-refractivity contribution >= 4 is 21.4 Å². The van der Waals surface area contributed by atoms with Crippen LogP contribution in [0.25, 0.3) is 10.4 Å². The third-order valence-electron chi connectivity index (χ3n) is 4.60. The number of hydrogen-bond donors (Lipinski definition) is 1. The van der Waals surface area contributed by atoms with Gasteiger partial charge in [-0.25, -0.2) is 17.5 Å². The molecule has 5 nitrogen and oxygen atoms in total. The van der Waals surface area contributed by atoms with Gasteiger partial charge < -0.3 is 4.74 Å². The van der Waals surface area contributed by atoms with E-state index in [0.29, 0.717) is 33.9 Å². The lowest BCUT2D eigenvalue weighted by Crippen LogP contribution is -2.44. The first kappa shape index (κ1) is 19.8. The van der Waals surface area contributed by atoms with Gasteiger partial charge >= 0.3 is 0 Å². The fourth-order valence-corrected chi connectivity index (χ4v) is 4.83. The molecular formula is C19H21FN2O3S2. The lowest BCUT2D eigenvalue weighted by molar-refractivity contribution is 0.184. The highest BCUT2D eigenvalue weighted by Gasteiger charge is 2.33. The predicted octanol–water partition coefficient (Wildman–Crippen LogP) is 4.05. The predicted molar refractivity (Wildman–Crippen MR) is 104 cm³/mol. The summed E-state index contributed by atoms with van der Waals surface area (Å²) in [6.45, 7) is 3.26. The number of thiophene rings is 1. The Balaban J connectivity index is 1.74. The standard InChI is InChI=1S/C19H21FN2O3S2/c1-12(2)27(23,24)22-17-4-3-5-18(17)25-13-6-8-15(16(20)10-13)19-9-7-14(11-21)26-19/h6-10,12,17-18,22H,3-5H2,1-2H3/t17-,18+/m0/s1. The lowest BCUT2D eigenvalue weighted by Gasteiger charge is -2.23. The third kappa shape index (κ3) is 4.49. The van der Waals surface area contributed by atoms with Crippen LogP contribution in [0, 0.1) is 17.1 Å². The Morgan fingerprint density at radius 1 is 1.30 bits per heavy atom. The number of nitrogens with one attached hydrogen (secondary N) is 1. The summed E-state index contributed by atoms with van der Waals surface area (Å²) in [6.07, 6.45) is 1.94. The topological polar surface area (TPSA) is 79.2 Å². The minimum Gasteiger partial charge on any atom is -0.489 e. The van der Waals surface area contributed by atoms with Crippen molar-refractivity contribution in [2.24, 2.45) is 0 Å². The van der Waals surface area contributed by atoms with Crippen LogP contribution in [-0.2, 0) is 10.0 Å². The summed E-state index contributed by atoms with van der Waals surface area (Å²) in [5.41, 5.74) is 0.414. The summed E-state index contributed by atoms with van der Waals surface area (Å²) in [5.74, 6) is -0.0647. The summed E-state index contributed by atoms with van der Waals surface area (Å²) in [6, 6.07) is 9.73. The monoisotopic (exact) mass is 408 g/mol. The largest absolute Gasteiger partial charge is 0.489 e. The molecule has 1 aromatic carbocycles. The molecule has 1 aliphatic rings. The van der Waals surface area contributed by atoms with Crippen molar-refractivity contribution in [1.29, 1.82) is 5.26 Å². The zero-order valence-corrected chi connectivity index (χ0v) is 16.7. The van der Waals surface area contributed by atoms with Crippen LogP contribution in [0.5, 0.6) is 5.75 Å². The van der Waals surface area contributed by atoms with E-state index >= 15 is 0 Å². The quantitative estimate of drug-likeness (QED) is 0.782. The van der Waals surface area contributed by atoms with E-state index < -0.39 is 21.1 Å². The Bertz CT molecular complexity index is 964. The van der Waals surface area contributed by atoms with E-state index in [4.69, 9.17) is 10.00 Å². The zero-order chi connectivity index (χ0) is 19.6. The van der Waals surface area contributed by atoms with Gasteiger partial charge in [0.25, 0.3) is 0 Å². The van der Waals surface area contributed by atoms with Crippen LogP contribution in [0.15, 0.2) is 30.3 Å². The van der Waals surface area contributed by atoms with Crippen LogP contribution in [0.2, 0.25) is 0 Å². The molecule has 0 spiro atoms. The maximum absolute atomic E-state index is 14.5. The minimum atomic E-state index is -3.39. The maximum Gasteiger partial charge on any atom is 0.214 e. The summed E-state index contributed by atoms with van der Waals surface area (Å²) >= 11 is 1.23. The van der Waals surface area contributed by atoms with E-state index in [1.54, 1.807) is 38.1 Å². The normalized spacial score (nSPS) is 20.0. The molecule has 0 aliphatic heterocycles. The first-order valence-corrected chi connectivity index (χ1v) is 11.1. The molecule has 2 atom stereocenters. The Labute approximate surface area is 162 Å². The summed E-state index contributed by atoms with van der Waals surface area (Å²) in [7, 11) is -3.39. The zero-order valence-electron chi connectivity index (χ0n) is 15.1. The summed E-state index contributed by atoms with van der Waals surface area (Å²) in [4.78, 5) is 1.20. The average molecular weight is 409 g/mol. The molecule has 1 heterocycles. The number of rotatable bonds is 6. The van der Waals surface area contributed by atoms with Crippen LogP contribution < -0.4 is 9.46 Å². The average Bonchev–Trinajstić information content (AvgIpc) is 3.24. The van der Waals surface area contributed by atoms with Gasteiger partial charge in [-0.2, -0.15) is 5.26 Å². The number of nitrogens with zero attached hydrogens (tertiary/aromatic N) is 1. The SMILES string of the molecule is CC(C)S(=O)(=O)N[C@H]1CCC[C@H]1Oc1ccc(-c2ccc(C#N)s2)c(F)c1. The van der Waals surface area contributed by atoms with Crippen LogP contribution in [0.4, 0.5) is 4.39 Å². The van der Waals surface area contributed by atoms with E-state index in [0.717, 1.165) is 6.42 Å². The van der Waals surface area contributed by atoms with Crippen molar-refractivity contribution in [3.05, 3.63) is 41.0 Å². The van der Waals surface area contributed by atoms with Crippen LogP contribution in [0.1, 0.15) is 38.0 Å². The van der Waals surface area contributed by atoms with Gasteiger partial charge in [0.1, 0.15) is 28.6 Å². The Kier molecular flexibility index (Phi) is 5.84. The van der Waals surface area contributed by atoms with Crippen molar-refractivity contribution in [3.63, 3.8) is 0 Å². The Morgan fingerprint density at radius 3 is 2.70 bits per heavy atom. The minimum absolute atomic E-state index is 0.310. The molecule has 0 saturated heterocycles. The van der Waals surface area contributed by atoms with Crippen molar-refractivity contribution < 1.29 is 17.5 Å². The Morgan fingerprint density at radius 2 is 2.07 bits per heavy atom. The number of sulfonamides is 1. The van der Waals surface area contributed by atoms with Gasteiger partial charge in [0.05, 0.1) is 11.3 Å². The van der Waals surface area contributed by atoms with Crippen molar-refractivity contribution in [2.75, 3.05) is 0 Å². The number of nitriles is 1. The molecule has 144 valence electrons. The second-order valence-electron chi connectivity index (χ2n) is 6.82. The molecule has 3 rings (SSSR count). The second kappa shape index (κ2) is 7.97. The summed E-state index contributed by atoms with van der Waals surface area (Å²) < 4.78 is 47.4. The second-order valence-corrected chi connectivity index (χ2v) is 10.2. The highest BCUT2D eigenvalue weighted by molar-refractivity contribution is 7.90.